The molecule has 2 atom stereocenters. The second-order valence-electron chi connectivity index (χ2n) is 6.86. The van der Waals surface area contributed by atoms with Crippen molar-refractivity contribution in [3.8, 4) is 0 Å². The maximum atomic E-state index is 6.16. The van der Waals surface area contributed by atoms with Crippen molar-refractivity contribution in [1.82, 2.24) is 15.1 Å². The first-order valence-electron chi connectivity index (χ1n) is 8.54. The number of hydrogen-bond donors (Lipinski definition) is 1. The number of rotatable bonds is 8. The van der Waals surface area contributed by atoms with Crippen molar-refractivity contribution in [1.29, 1.82) is 0 Å². The van der Waals surface area contributed by atoms with E-state index in [1.165, 1.54) is 37.8 Å². The number of nitrogens with one attached hydrogen (secondary N) is 1. The first-order valence-corrected chi connectivity index (χ1v) is 8.54. The van der Waals surface area contributed by atoms with Gasteiger partial charge in [0.15, 0.2) is 0 Å². The fourth-order valence-electron chi connectivity index (χ4n) is 3.83. The van der Waals surface area contributed by atoms with Crippen molar-refractivity contribution in [2.24, 2.45) is 18.4 Å². The molecule has 0 bridgehead atoms. The quantitative estimate of drug-likeness (QED) is 0.748. The summed E-state index contributed by atoms with van der Waals surface area (Å²) in [6, 6.07) is 2.15. The van der Waals surface area contributed by atoms with E-state index in [1.807, 2.05) is 17.9 Å². The van der Waals surface area contributed by atoms with E-state index in [4.69, 9.17) is 4.74 Å². The second-order valence-corrected chi connectivity index (χ2v) is 6.86. The molecular formula is C17H29N3O. The van der Waals surface area contributed by atoms with E-state index >= 15 is 0 Å². The van der Waals surface area contributed by atoms with Crippen molar-refractivity contribution >= 4 is 0 Å². The van der Waals surface area contributed by atoms with Crippen LogP contribution in [0.5, 0.6) is 0 Å². The van der Waals surface area contributed by atoms with E-state index in [0.29, 0.717) is 11.5 Å². The molecule has 4 nitrogen and oxygen atoms in total. The highest BCUT2D eigenvalue weighted by Gasteiger charge is 2.50. The predicted octanol–water partition coefficient (Wildman–Crippen LogP) is 2.54. The molecule has 0 radical (unpaired) electrons. The van der Waals surface area contributed by atoms with Gasteiger partial charge in [-0.2, -0.15) is 5.10 Å². The Hall–Kier alpha value is -0.870. The summed E-state index contributed by atoms with van der Waals surface area (Å²) < 4.78 is 8.17. The van der Waals surface area contributed by atoms with Crippen molar-refractivity contribution in [3.05, 3.63) is 18.0 Å². The molecule has 0 amide bonds. The Morgan fingerprint density at radius 3 is 3.00 bits per heavy atom. The number of aromatic nitrogens is 2. The van der Waals surface area contributed by atoms with Crippen molar-refractivity contribution in [3.63, 3.8) is 0 Å². The molecule has 1 saturated heterocycles. The Labute approximate surface area is 128 Å². The summed E-state index contributed by atoms with van der Waals surface area (Å²) in [5, 5.41) is 7.97. The lowest BCUT2D eigenvalue weighted by Crippen LogP contribution is -2.42. The summed E-state index contributed by atoms with van der Waals surface area (Å²) >= 11 is 0. The van der Waals surface area contributed by atoms with Crippen LogP contribution in [-0.4, -0.2) is 35.6 Å². The molecule has 1 aliphatic carbocycles. The average Bonchev–Trinajstić information content (AvgIpc) is 3.11. The fraction of sp³-hybridized carbons (Fsp3) is 0.824. The Balaban J connectivity index is 1.67. The average molecular weight is 291 g/mol. The minimum Gasteiger partial charge on any atom is -0.377 e. The molecule has 1 aromatic rings. The maximum absolute atomic E-state index is 6.16. The summed E-state index contributed by atoms with van der Waals surface area (Å²) in [6.07, 6.45) is 9.85. The third-order valence-corrected chi connectivity index (χ3v) is 5.26. The van der Waals surface area contributed by atoms with Crippen LogP contribution < -0.4 is 5.32 Å². The van der Waals surface area contributed by atoms with E-state index in [1.54, 1.807) is 0 Å². The van der Waals surface area contributed by atoms with Gasteiger partial charge in [-0.3, -0.25) is 4.68 Å². The highest BCUT2D eigenvalue weighted by Crippen LogP contribution is 2.49. The third kappa shape index (κ3) is 3.32. The van der Waals surface area contributed by atoms with Crippen LogP contribution in [0.25, 0.3) is 0 Å². The second kappa shape index (κ2) is 6.49. The predicted molar refractivity (Wildman–Crippen MR) is 84.2 cm³/mol. The fourth-order valence-corrected chi connectivity index (χ4v) is 3.83. The highest BCUT2D eigenvalue weighted by molar-refractivity contribution is 5.05. The standard InChI is InChI=1S/C17H29N3O/c1-3-10-18-13-17(8-6-15-7-11-19-20(15)2)9-12-21-16(17)14-4-5-14/h7,11,14,16,18H,3-6,8-10,12-13H2,1-2H3. The van der Waals surface area contributed by atoms with Gasteiger partial charge in [-0.1, -0.05) is 6.92 Å². The van der Waals surface area contributed by atoms with Crippen molar-refractivity contribution in [2.75, 3.05) is 19.7 Å². The van der Waals surface area contributed by atoms with Gasteiger partial charge >= 0.3 is 0 Å². The molecule has 4 heteroatoms. The lowest BCUT2D eigenvalue weighted by molar-refractivity contribution is 0.0265. The number of aryl methyl sites for hydroxylation is 2. The van der Waals surface area contributed by atoms with Crippen LogP contribution in [0.4, 0.5) is 0 Å². The molecule has 21 heavy (non-hydrogen) atoms. The largest absolute Gasteiger partial charge is 0.377 e. The molecule has 2 heterocycles. The van der Waals surface area contributed by atoms with E-state index in [-0.39, 0.29) is 0 Å². The van der Waals surface area contributed by atoms with Crippen LogP contribution in [0.3, 0.4) is 0 Å². The molecule has 0 spiro atoms. The summed E-state index contributed by atoms with van der Waals surface area (Å²) in [7, 11) is 2.04. The zero-order chi connectivity index (χ0) is 14.7. The zero-order valence-electron chi connectivity index (χ0n) is 13.5. The van der Waals surface area contributed by atoms with E-state index in [2.05, 4.69) is 23.4 Å². The summed E-state index contributed by atoms with van der Waals surface area (Å²) in [5.74, 6) is 0.822. The van der Waals surface area contributed by atoms with Crippen LogP contribution in [0.1, 0.15) is 44.7 Å². The molecule has 1 aliphatic heterocycles. The molecule has 2 unspecified atom stereocenters. The summed E-state index contributed by atoms with van der Waals surface area (Å²) in [6.45, 7) is 5.41. The van der Waals surface area contributed by atoms with Crippen molar-refractivity contribution in [2.45, 2.75) is 51.6 Å². The van der Waals surface area contributed by atoms with Gasteiger partial charge < -0.3 is 10.1 Å². The van der Waals surface area contributed by atoms with Crippen LogP contribution in [0, 0.1) is 11.3 Å². The van der Waals surface area contributed by atoms with E-state index < -0.39 is 0 Å². The normalized spacial score (nSPS) is 29.1. The Morgan fingerprint density at radius 2 is 2.33 bits per heavy atom. The zero-order valence-corrected chi connectivity index (χ0v) is 13.5. The topological polar surface area (TPSA) is 39.1 Å². The number of ether oxygens (including phenoxy) is 1. The van der Waals surface area contributed by atoms with Gasteiger partial charge in [0.2, 0.25) is 0 Å². The van der Waals surface area contributed by atoms with Crippen LogP contribution >= 0.6 is 0 Å². The Bertz CT molecular complexity index is 455. The van der Waals surface area contributed by atoms with E-state index in [9.17, 15) is 0 Å². The lowest BCUT2D eigenvalue weighted by atomic mass is 9.74. The van der Waals surface area contributed by atoms with Gasteiger partial charge in [-0.15, -0.1) is 0 Å². The maximum Gasteiger partial charge on any atom is 0.0672 e. The molecule has 1 N–H and O–H groups in total. The first kappa shape index (κ1) is 15.0. The number of nitrogens with zero attached hydrogens (tertiary/aromatic N) is 2. The molecule has 1 aromatic heterocycles. The molecule has 1 saturated carbocycles. The first-order chi connectivity index (χ1) is 10.2. The van der Waals surface area contributed by atoms with Crippen molar-refractivity contribution < 1.29 is 4.74 Å². The Kier molecular flexibility index (Phi) is 4.65. The van der Waals surface area contributed by atoms with Crippen LogP contribution in [0.2, 0.25) is 0 Å². The van der Waals surface area contributed by atoms with Gasteiger partial charge in [0, 0.05) is 37.5 Å². The highest BCUT2D eigenvalue weighted by atomic mass is 16.5. The minimum absolute atomic E-state index is 0.334. The van der Waals surface area contributed by atoms with Gasteiger partial charge in [0.25, 0.3) is 0 Å². The smallest absolute Gasteiger partial charge is 0.0672 e. The van der Waals surface area contributed by atoms with Gasteiger partial charge in [0.05, 0.1) is 6.10 Å². The number of hydrogen-bond acceptors (Lipinski definition) is 3. The van der Waals surface area contributed by atoms with Gasteiger partial charge in [-0.25, -0.2) is 0 Å². The SMILES string of the molecule is CCCNCC1(CCc2ccnn2C)CCOC1C1CC1. The van der Waals surface area contributed by atoms with Crippen LogP contribution in [0.15, 0.2) is 12.3 Å². The Morgan fingerprint density at radius 1 is 1.48 bits per heavy atom. The lowest BCUT2D eigenvalue weighted by Gasteiger charge is -2.35. The van der Waals surface area contributed by atoms with E-state index in [0.717, 1.165) is 32.0 Å². The summed E-state index contributed by atoms with van der Waals surface area (Å²) in [5.41, 5.74) is 1.67. The monoisotopic (exact) mass is 291 g/mol. The third-order valence-electron chi connectivity index (χ3n) is 5.26. The molecule has 2 fully saturated rings. The summed E-state index contributed by atoms with van der Waals surface area (Å²) in [4.78, 5) is 0. The molecular weight excluding hydrogens is 262 g/mol. The van der Waals surface area contributed by atoms with Crippen LogP contribution in [-0.2, 0) is 18.2 Å². The molecule has 2 aliphatic rings. The molecule has 118 valence electrons. The van der Waals surface area contributed by atoms with Gasteiger partial charge in [-0.05, 0) is 57.1 Å². The minimum atomic E-state index is 0.334. The van der Waals surface area contributed by atoms with Gasteiger partial charge in [0.1, 0.15) is 0 Å². The molecule has 0 aromatic carbocycles. The molecule has 3 rings (SSSR count).